The lowest BCUT2D eigenvalue weighted by Gasteiger charge is -2.15. The second-order valence-corrected chi connectivity index (χ2v) is 8.86. The minimum atomic E-state index is -5.04. The van der Waals surface area contributed by atoms with E-state index in [2.05, 4.69) is 5.32 Å². The van der Waals surface area contributed by atoms with E-state index in [1.54, 1.807) is 45.0 Å². The number of carbonyl (C=O) groups is 1. The van der Waals surface area contributed by atoms with Gasteiger partial charge in [0.05, 0.1) is 17.7 Å². The van der Waals surface area contributed by atoms with Crippen molar-refractivity contribution in [1.29, 1.82) is 0 Å². The Labute approximate surface area is 226 Å². The maximum atomic E-state index is 13.9. The summed E-state index contributed by atoms with van der Waals surface area (Å²) in [5, 5.41) is 2.92. The number of aryl methyl sites for hydroxylation is 2. The molecule has 0 aliphatic carbocycles. The second kappa shape index (κ2) is 11.3. The number of ether oxygens (including phenoxy) is 3. The van der Waals surface area contributed by atoms with Gasteiger partial charge in [0, 0.05) is 11.1 Å². The molecule has 0 bridgehead atoms. The molecule has 0 unspecified atom stereocenters. The molecule has 0 saturated carbocycles. The van der Waals surface area contributed by atoms with E-state index in [0.29, 0.717) is 34.2 Å². The van der Waals surface area contributed by atoms with E-state index in [1.165, 1.54) is 24.3 Å². The summed E-state index contributed by atoms with van der Waals surface area (Å²) >= 11 is 6.13. The van der Waals surface area contributed by atoms with Crippen molar-refractivity contribution in [3.8, 4) is 23.0 Å². The van der Waals surface area contributed by atoms with Gasteiger partial charge in [0.1, 0.15) is 22.8 Å². The van der Waals surface area contributed by atoms with Crippen LogP contribution in [0.2, 0.25) is 5.02 Å². The molecule has 0 radical (unpaired) electrons. The number of anilines is 1. The van der Waals surface area contributed by atoms with Crippen molar-refractivity contribution in [3.63, 3.8) is 0 Å². The van der Waals surface area contributed by atoms with E-state index in [9.17, 15) is 22.8 Å². The number of hydrogen-bond acceptors (Lipinski definition) is 6. The van der Waals surface area contributed by atoms with Crippen molar-refractivity contribution in [2.45, 2.75) is 26.9 Å². The molecule has 7 nitrogen and oxygen atoms in total. The van der Waals surface area contributed by atoms with E-state index >= 15 is 0 Å². The van der Waals surface area contributed by atoms with Gasteiger partial charge in [0.2, 0.25) is 11.2 Å². The predicted molar refractivity (Wildman–Crippen MR) is 140 cm³/mol. The summed E-state index contributed by atoms with van der Waals surface area (Å²) in [6, 6.07) is 13.3. The number of amides is 1. The van der Waals surface area contributed by atoms with Crippen LogP contribution < -0.4 is 25.0 Å². The lowest BCUT2D eigenvalue weighted by molar-refractivity contribution is -0.154. The smallest absolute Gasteiger partial charge is 0.453 e. The molecule has 3 aromatic carbocycles. The highest BCUT2D eigenvalue weighted by atomic mass is 35.5. The van der Waals surface area contributed by atoms with Crippen LogP contribution in [-0.2, 0) is 11.0 Å². The number of nitrogens with one attached hydrogen (secondary N) is 1. The van der Waals surface area contributed by atoms with Crippen molar-refractivity contribution in [1.82, 2.24) is 0 Å². The maximum absolute atomic E-state index is 13.9. The first-order chi connectivity index (χ1) is 18.5. The van der Waals surface area contributed by atoms with Gasteiger partial charge in [-0.3, -0.25) is 9.59 Å². The molecule has 0 fully saturated rings. The number of alkyl halides is 3. The van der Waals surface area contributed by atoms with Gasteiger partial charge in [-0.15, -0.1) is 0 Å². The Morgan fingerprint density at radius 2 is 1.69 bits per heavy atom. The first-order valence-electron chi connectivity index (χ1n) is 11.7. The molecule has 11 heteroatoms. The van der Waals surface area contributed by atoms with Crippen molar-refractivity contribution >= 4 is 34.2 Å². The third-order valence-electron chi connectivity index (χ3n) is 5.54. The monoisotopic (exact) mass is 561 g/mol. The van der Waals surface area contributed by atoms with Gasteiger partial charge >= 0.3 is 6.18 Å². The molecule has 0 aliphatic heterocycles. The van der Waals surface area contributed by atoms with Gasteiger partial charge < -0.3 is 23.9 Å². The second-order valence-electron chi connectivity index (χ2n) is 8.48. The lowest BCUT2D eigenvalue weighted by Crippen LogP contribution is -2.20. The fourth-order valence-electron chi connectivity index (χ4n) is 3.79. The van der Waals surface area contributed by atoms with Gasteiger partial charge in [0.25, 0.3) is 11.7 Å². The van der Waals surface area contributed by atoms with E-state index in [4.69, 9.17) is 30.2 Å². The Bertz CT molecular complexity index is 1580. The molecule has 0 aliphatic rings. The van der Waals surface area contributed by atoms with Crippen LogP contribution in [0.25, 0.3) is 11.0 Å². The zero-order valence-corrected chi connectivity index (χ0v) is 21.8. The number of benzene rings is 3. The Kier molecular flexibility index (Phi) is 8.06. The first-order valence-corrected chi connectivity index (χ1v) is 12.1. The summed E-state index contributed by atoms with van der Waals surface area (Å²) in [6.07, 6.45) is -5.04. The number of para-hydroxylation sites is 2. The number of rotatable bonds is 8. The van der Waals surface area contributed by atoms with E-state index in [0.717, 1.165) is 6.07 Å². The number of halogens is 4. The largest absolute Gasteiger partial charge is 0.492 e. The number of fused-ring (bicyclic) bond motifs is 1. The maximum Gasteiger partial charge on any atom is 0.453 e. The molecule has 4 aromatic rings. The quantitative estimate of drug-likeness (QED) is 0.243. The zero-order valence-electron chi connectivity index (χ0n) is 21.1. The summed E-state index contributed by atoms with van der Waals surface area (Å²) in [5.41, 5.74) is 0.162. The van der Waals surface area contributed by atoms with Crippen molar-refractivity contribution in [2.24, 2.45) is 0 Å². The minimum absolute atomic E-state index is 0.00317. The van der Waals surface area contributed by atoms with Crippen LogP contribution in [0, 0.1) is 13.8 Å². The van der Waals surface area contributed by atoms with Crippen LogP contribution in [0.1, 0.15) is 23.8 Å². The Balaban J connectivity index is 1.60. The van der Waals surface area contributed by atoms with Crippen LogP contribution >= 0.6 is 11.6 Å². The predicted octanol–water partition coefficient (Wildman–Crippen LogP) is 7.29. The molecule has 204 valence electrons. The fourth-order valence-corrected chi connectivity index (χ4v) is 3.90. The number of carbonyl (C=O) groups excluding carboxylic acids is 1. The van der Waals surface area contributed by atoms with E-state index in [1.807, 2.05) is 0 Å². The molecular formula is C28H23ClF3NO6. The molecule has 0 saturated heterocycles. The molecule has 4 rings (SSSR count). The summed E-state index contributed by atoms with van der Waals surface area (Å²) in [5.74, 6) is -2.64. The Morgan fingerprint density at radius 1 is 1.00 bits per heavy atom. The lowest BCUT2D eigenvalue weighted by atomic mass is 10.1. The minimum Gasteiger partial charge on any atom is -0.492 e. The third-order valence-corrected chi connectivity index (χ3v) is 6.14. The number of hydrogen-bond donors (Lipinski definition) is 1. The van der Waals surface area contributed by atoms with E-state index in [-0.39, 0.29) is 22.5 Å². The molecular weight excluding hydrogens is 539 g/mol. The van der Waals surface area contributed by atoms with Gasteiger partial charge in [-0.2, -0.15) is 13.2 Å². The fraction of sp³-hybridized carbons (Fsp3) is 0.214. The van der Waals surface area contributed by atoms with Crippen LogP contribution in [-0.4, -0.2) is 19.1 Å². The average Bonchev–Trinajstić information content (AvgIpc) is 2.88. The molecule has 39 heavy (non-hydrogen) atoms. The van der Waals surface area contributed by atoms with Crippen LogP contribution in [0.3, 0.4) is 0 Å². The zero-order chi connectivity index (χ0) is 28.3. The van der Waals surface area contributed by atoms with Crippen LogP contribution in [0.4, 0.5) is 18.9 Å². The van der Waals surface area contributed by atoms with Gasteiger partial charge in [-0.05, 0) is 68.3 Å². The SMILES string of the molecule is CCOc1ccccc1NC(=O)COc1ccc2c(=O)c(Oc3cc(C)c(Cl)c(C)c3)c(C(F)(F)F)oc2c1. The standard InChI is InChI=1S/C28H23ClF3NO6/c1-4-36-21-8-6-5-7-20(21)33-23(34)14-37-17-9-10-19-22(13-17)39-27(28(30,31)32)26(25(19)35)38-18-11-15(2)24(29)16(3)12-18/h5-13H,4,14H2,1-3H3,(H,33,34). The summed E-state index contributed by atoms with van der Waals surface area (Å²) in [6.45, 7) is 5.07. The molecule has 0 atom stereocenters. The highest BCUT2D eigenvalue weighted by molar-refractivity contribution is 6.32. The van der Waals surface area contributed by atoms with Crippen LogP contribution in [0.15, 0.2) is 63.8 Å². The third kappa shape index (κ3) is 6.28. The first kappa shape index (κ1) is 27.8. The topological polar surface area (TPSA) is 87.0 Å². The van der Waals surface area contributed by atoms with Gasteiger partial charge in [-0.1, -0.05) is 23.7 Å². The van der Waals surface area contributed by atoms with Gasteiger partial charge in [0.15, 0.2) is 6.61 Å². The highest BCUT2D eigenvalue weighted by Gasteiger charge is 2.40. The molecule has 1 amide bonds. The Hall–Kier alpha value is -4.18. The highest BCUT2D eigenvalue weighted by Crippen LogP contribution is 2.39. The summed E-state index contributed by atoms with van der Waals surface area (Å²) in [4.78, 5) is 25.5. The normalized spacial score (nSPS) is 11.4. The van der Waals surface area contributed by atoms with Crippen molar-refractivity contribution < 1.29 is 36.6 Å². The Morgan fingerprint density at radius 3 is 2.36 bits per heavy atom. The van der Waals surface area contributed by atoms with Crippen LogP contribution in [0.5, 0.6) is 23.0 Å². The molecule has 1 N–H and O–H groups in total. The van der Waals surface area contributed by atoms with Crippen molar-refractivity contribution in [2.75, 3.05) is 18.5 Å². The molecule has 1 aromatic heterocycles. The van der Waals surface area contributed by atoms with Gasteiger partial charge in [-0.25, -0.2) is 0 Å². The van der Waals surface area contributed by atoms with E-state index < -0.39 is 35.6 Å². The molecule has 0 spiro atoms. The summed E-state index contributed by atoms with van der Waals surface area (Å²) in [7, 11) is 0. The van der Waals surface area contributed by atoms with Crippen molar-refractivity contribution in [3.05, 3.63) is 86.7 Å². The summed E-state index contributed by atoms with van der Waals surface area (Å²) < 4.78 is 63.1. The molecule has 1 heterocycles. The average molecular weight is 562 g/mol.